The third-order valence-corrected chi connectivity index (χ3v) is 2.19. The van der Waals surface area contributed by atoms with Gasteiger partial charge in [0.2, 0.25) is 0 Å². The van der Waals surface area contributed by atoms with E-state index in [4.69, 9.17) is 0 Å². The largest absolute Gasteiger partial charge is 0.619 e. The van der Waals surface area contributed by atoms with E-state index in [-0.39, 0.29) is 0 Å². The Balaban J connectivity index is 2.40. The lowest BCUT2D eigenvalue weighted by Crippen LogP contribution is -2.23. The summed E-state index contributed by atoms with van der Waals surface area (Å²) in [7, 11) is 0. The lowest BCUT2D eigenvalue weighted by atomic mass is 10.1. The van der Waals surface area contributed by atoms with E-state index in [0.717, 1.165) is 15.9 Å². The molecule has 0 saturated heterocycles. The van der Waals surface area contributed by atoms with Crippen LogP contribution in [0.25, 0.3) is 11.1 Å². The fourth-order valence-corrected chi connectivity index (χ4v) is 1.35. The fraction of sp³-hybridized carbons (Fsp3) is 0.0833. The Kier molecular flexibility index (Phi) is 2.19. The van der Waals surface area contributed by atoms with Crippen molar-refractivity contribution in [2.45, 2.75) is 6.92 Å². The van der Waals surface area contributed by atoms with Gasteiger partial charge in [-0.1, -0.05) is 29.8 Å². The summed E-state index contributed by atoms with van der Waals surface area (Å²) in [5, 5.41) is 10.8. The topological polar surface area (TPSA) is 26.9 Å². The molecule has 2 aromatic rings. The molecule has 1 aromatic carbocycles. The minimum absolute atomic E-state index is 0.789. The Labute approximate surface area is 83.0 Å². The summed E-state index contributed by atoms with van der Waals surface area (Å²) in [5.41, 5.74) is 3.44. The number of rotatable bonds is 1. The van der Waals surface area contributed by atoms with Crippen LogP contribution in [0.4, 0.5) is 0 Å². The maximum Gasteiger partial charge on any atom is 0.180 e. The molecule has 2 rings (SSSR count). The van der Waals surface area contributed by atoms with E-state index in [9.17, 15) is 5.21 Å². The first-order valence-corrected chi connectivity index (χ1v) is 4.51. The zero-order chi connectivity index (χ0) is 9.97. The average molecular weight is 185 g/mol. The zero-order valence-electron chi connectivity index (χ0n) is 7.97. The smallest absolute Gasteiger partial charge is 0.180 e. The van der Waals surface area contributed by atoms with Crippen LogP contribution in [0, 0.1) is 12.1 Å². The van der Waals surface area contributed by atoms with Crippen LogP contribution < -0.4 is 4.73 Å². The predicted molar refractivity (Wildman–Crippen MR) is 55.6 cm³/mol. The summed E-state index contributed by atoms with van der Waals surface area (Å²) in [4.78, 5) is 0. The SMILES string of the molecule is Cc1ccc(-c2cc[n+]([O-])cc2)cc1. The second-order valence-corrected chi connectivity index (χ2v) is 3.31. The highest BCUT2D eigenvalue weighted by atomic mass is 16.5. The maximum atomic E-state index is 10.8. The quantitative estimate of drug-likeness (QED) is 0.494. The van der Waals surface area contributed by atoms with Gasteiger partial charge in [0.1, 0.15) is 0 Å². The van der Waals surface area contributed by atoms with E-state index < -0.39 is 0 Å². The lowest BCUT2D eigenvalue weighted by molar-refractivity contribution is -0.605. The molecule has 1 aromatic heterocycles. The molecule has 1 heterocycles. The van der Waals surface area contributed by atoms with Crippen LogP contribution in [0.3, 0.4) is 0 Å². The van der Waals surface area contributed by atoms with E-state index in [1.54, 1.807) is 0 Å². The van der Waals surface area contributed by atoms with Gasteiger partial charge in [-0.15, -0.1) is 0 Å². The van der Waals surface area contributed by atoms with Crippen molar-refractivity contribution < 1.29 is 4.73 Å². The molecule has 0 bridgehead atoms. The normalized spacial score (nSPS) is 10.1. The van der Waals surface area contributed by atoms with Crippen molar-refractivity contribution in [3.05, 3.63) is 59.6 Å². The molecular formula is C12H11NO. The van der Waals surface area contributed by atoms with Crippen molar-refractivity contribution in [1.29, 1.82) is 0 Å². The number of aromatic nitrogens is 1. The summed E-state index contributed by atoms with van der Waals surface area (Å²) < 4.78 is 0.789. The molecule has 0 aliphatic heterocycles. The Morgan fingerprint density at radius 1 is 0.857 bits per heavy atom. The molecule has 0 N–H and O–H groups in total. The second kappa shape index (κ2) is 3.50. The fourth-order valence-electron chi connectivity index (χ4n) is 1.35. The average Bonchev–Trinajstić information content (AvgIpc) is 2.21. The van der Waals surface area contributed by atoms with Crippen LogP contribution in [-0.4, -0.2) is 0 Å². The summed E-state index contributed by atoms with van der Waals surface area (Å²) in [6, 6.07) is 11.9. The number of hydrogen-bond acceptors (Lipinski definition) is 1. The molecule has 0 aliphatic carbocycles. The molecule has 0 spiro atoms. The van der Waals surface area contributed by atoms with Gasteiger partial charge < -0.3 is 5.21 Å². The van der Waals surface area contributed by atoms with E-state index in [1.165, 1.54) is 18.0 Å². The highest BCUT2D eigenvalue weighted by Gasteiger charge is 1.97. The molecule has 14 heavy (non-hydrogen) atoms. The maximum absolute atomic E-state index is 10.8. The zero-order valence-corrected chi connectivity index (χ0v) is 7.97. The highest BCUT2D eigenvalue weighted by molar-refractivity contribution is 5.62. The molecule has 0 atom stereocenters. The summed E-state index contributed by atoms with van der Waals surface area (Å²) >= 11 is 0. The molecule has 0 radical (unpaired) electrons. The van der Waals surface area contributed by atoms with E-state index >= 15 is 0 Å². The number of pyridine rings is 1. The van der Waals surface area contributed by atoms with Gasteiger partial charge in [0.15, 0.2) is 12.4 Å². The number of aryl methyl sites for hydroxylation is 1. The molecular weight excluding hydrogens is 174 g/mol. The highest BCUT2D eigenvalue weighted by Crippen LogP contribution is 2.17. The Morgan fingerprint density at radius 3 is 1.93 bits per heavy atom. The Hall–Kier alpha value is -1.83. The van der Waals surface area contributed by atoms with Crippen molar-refractivity contribution >= 4 is 0 Å². The van der Waals surface area contributed by atoms with Gasteiger partial charge in [0.05, 0.1) is 0 Å². The molecule has 0 fully saturated rings. The van der Waals surface area contributed by atoms with Gasteiger partial charge >= 0.3 is 0 Å². The van der Waals surface area contributed by atoms with E-state index in [0.29, 0.717) is 0 Å². The first kappa shape index (κ1) is 8.75. The van der Waals surface area contributed by atoms with Crippen LogP contribution in [0.1, 0.15) is 5.56 Å². The molecule has 2 nitrogen and oxygen atoms in total. The van der Waals surface area contributed by atoms with Crippen molar-refractivity contribution in [3.8, 4) is 11.1 Å². The van der Waals surface area contributed by atoms with E-state index in [2.05, 4.69) is 31.2 Å². The van der Waals surface area contributed by atoms with Crippen molar-refractivity contribution in [3.63, 3.8) is 0 Å². The van der Waals surface area contributed by atoms with Crippen molar-refractivity contribution in [2.75, 3.05) is 0 Å². The minimum atomic E-state index is 0.789. The monoisotopic (exact) mass is 185 g/mol. The van der Waals surface area contributed by atoms with Crippen LogP contribution in [0.2, 0.25) is 0 Å². The first-order chi connectivity index (χ1) is 6.75. The summed E-state index contributed by atoms with van der Waals surface area (Å²) in [6.07, 6.45) is 3.02. The van der Waals surface area contributed by atoms with Crippen LogP contribution >= 0.6 is 0 Å². The molecule has 0 aliphatic rings. The molecule has 70 valence electrons. The predicted octanol–water partition coefficient (Wildman–Crippen LogP) is 2.30. The lowest BCUT2D eigenvalue weighted by Gasteiger charge is -2.01. The Morgan fingerprint density at radius 2 is 1.36 bits per heavy atom. The van der Waals surface area contributed by atoms with Crippen molar-refractivity contribution in [2.24, 2.45) is 0 Å². The molecule has 2 heteroatoms. The standard InChI is InChI=1S/C12H11NO/c1-10-2-4-11(5-3-10)12-6-8-13(14)9-7-12/h2-9H,1H3. The number of nitrogens with zero attached hydrogens (tertiary/aromatic N) is 1. The van der Waals surface area contributed by atoms with Crippen LogP contribution in [0.15, 0.2) is 48.8 Å². The summed E-state index contributed by atoms with van der Waals surface area (Å²) in [5.74, 6) is 0. The van der Waals surface area contributed by atoms with Gasteiger partial charge in [-0.2, -0.15) is 4.73 Å². The van der Waals surface area contributed by atoms with Crippen molar-refractivity contribution in [1.82, 2.24) is 0 Å². The third-order valence-electron chi connectivity index (χ3n) is 2.19. The molecule has 0 amide bonds. The number of benzene rings is 1. The van der Waals surface area contributed by atoms with Gasteiger partial charge in [-0.05, 0) is 18.1 Å². The minimum Gasteiger partial charge on any atom is -0.619 e. The Bertz CT molecular complexity index is 374. The summed E-state index contributed by atoms with van der Waals surface area (Å²) in [6.45, 7) is 2.06. The van der Waals surface area contributed by atoms with Crippen LogP contribution in [-0.2, 0) is 0 Å². The molecule has 0 unspecified atom stereocenters. The number of hydrogen-bond donors (Lipinski definition) is 0. The van der Waals surface area contributed by atoms with E-state index in [1.807, 2.05) is 12.1 Å². The van der Waals surface area contributed by atoms with Gasteiger partial charge in [-0.25, -0.2) is 0 Å². The molecule has 0 saturated carbocycles. The second-order valence-electron chi connectivity index (χ2n) is 3.31. The van der Waals surface area contributed by atoms with Gasteiger partial charge in [0.25, 0.3) is 0 Å². The third kappa shape index (κ3) is 1.74. The van der Waals surface area contributed by atoms with Gasteiger partial charge in [-0.3, -0.25) is 0 Å². The van der Waals surface area contributed by atoms with Gasteiger partial charge in [0, 0.05) is 12.1 Å². The first-order valence-electron chi connectivity index (χ1n) is 4.51. The van der Waals surface area contributed by atoms with Crippen LogP contribution in [0.5, 0.6) is 0 Å².